The molecule has 2 N–H and O–H groups in total. The van der Waals surface area contributed by atoms with Crippen LogP contribution in [0.15, 0.2) is 12.1 Å². The zero-order valence-electron chi connectivity index (χ0n) is 7.18. The highest BCUT2D eigenvalue weighted by atomic mass is 19.1. The maximum atomic E-state index is 12.6. The van der Waals surface area contributed by atoms with Gasteiger partial charge in [-0.3, -0.25) is 0 Å². The Morgan fingerprint density at radius 3 is 2.92 bits per heavy atom. The van der Waals surface area contributed by atoms with Gasteiger partial charge in [-0.25, -0.2) is 4.98 Å². The molecule has 0 bridgehead atoms. The molecule has 0 aliphatic heterocycles. The Kier molecular flexibility index (Phi) is 3.17. The lowest BCUT2D eigenvalue weighted by molar-refractivity contribution is 0.573. The summed E-state index contributed by atoms with van der Waals surface area (Å²) in [5.41, 5.74) is 7.20. The summed E-state index contributed by atoms with van der Waals surface area (Å²) in [7, 11) is 0. The lowest BCUT2D eigenvalue weighted by atomic mass is 10.1. The third-order valence-electron chi connectivity index (χ3n) is 1.79. The van der Waals surface area contributed by atoms with Crippen molar-refractivity contribution in [3.63, 3.8) is 0 Å². The summed E-state index contributed by atoms with van der Waals surface area (Å²) < 4.78 is 12.6. The molecule has 0 unspecified atom stereocenters. The SMILES string of the molecule is Cc1ccc(F)nc1CCCN. The molecule has 1 aromatic rings. The molecular formula is C9H13FN2. The molecular weight excluding hydrogens is 155 g/mol. The summed E-state index contributed by atoms with van der Waals surface area (Å²) in [6, 6.07) is 3.12. The molecule has 0 spiro atoms. The van der Waals surface area contributed by atoms with Crippen LogP contribution in [0.2, 0.25) is 0 Å². The van der Waals surface area contributed by atoms with E-state index in [1.54, 1.807) is 6.07 Å². The first-order valence-corrected chi connectivity index (χ1v) is 4.06. The maximum Gasteiger partial charge on any atom is 0.213 e. The summed E-state index contributed by atoms with van der Waals surface area (Å²) in [6.07, 6.45) is 1.62. The highest BCUT2D eigenvalue weighted by Crippen LogP contribution is 2.07. The van der Waals surface area contributed by atoms with E-state index in [9.17, 15) is 4.39 Å². The van der Waals surface area contributed by atoms with Crippen LogP contribution in [-0.4, -0.2) is 11.5 Å². The van der Waals surface area contributed by atoms with Gasteiger partial charge >= 0.3 is 0 Å². The average Bonchev–Trinajstić information content (AvgIpc) is 2.07. The van der Waals surface area contributed by atoms with E-state index in [0.717, 1.165) is 24.1 Å². The molecule has 66 valence electrons. The molecule has 0 saturated heterocycles. The Bertz CT molecular complexity index is 261. The van der Waals surface area contributed by atoms with E-state index in [0.29, 0.717) is 6.54 Å². The van der Waals surface area contributed by atoms with E-state index >= 15 is 0 Å². The van der Waals surface area contributed by atoms with Crippen LogP contribution in [0.1, 0.15) is 17.7 Å². The molecule has 0 atom stereocenters. The van der Waals surface area contributed by atoms with Crippen LogP contribution < -0.4 is 5.73 Å². The zero-order valence-corrected chi connectivity index (χ0v) is 7.18. The molecule has 0 fully saturated rings. The van der Waals surface area contributed by atoms with E-state index in [4.69, 9.17) is 5.73 Å². The first-order chi connectivity index (χ1) is 5.74. The molecule has 0 radical (unpaired) electrons. The quantitative estimate of drug-likeness (QED) is 0.693. The van der Waals surface area contributed by atoms with Crippen LogP contribution >= 0.6 is 0 Å². The molecule has 3 heteroatoms. The number of aromatic nitrogens is 1. The van der Waals surface area contributed by atoms with E-state index in [1.165, 1.54) is 6.07 Å². The number of hydrogen-bond donors (Lipinski definition) is 1. The largest absolute Gasteiger partial charge is 0.330 e. The van der Waals surface area contributed by atoms with E-state index < -0.39 is 5.95 Å². The third-order valence-corrected chi connectivity index (χ3v) is 1.79. The Balaban J connectivity index is 2.75. The van der Waals surface area contributed by atoms with Gasteiger partial charge in [0.2, 0.25) is 5.95 Å². The van der Waals surface area contributed by atoms with Crippen LogP contribution in [-0.2, 0) is 6.42 Å². The van der Waals surface area contributed by atoms with E-state index in [1.807, 2.05) is 6.92 Å². The second-order valence-corrected chi connectivity index (χ2v) is 2.79. The first-order valence-electron chi connectivity index (χ1n) is 4.06. The van der Waals surface area contributed by atoms with E-state index in [2.05, 4.69) is 4.98 Å². The van der Waals surface area contributed by atoms with Gasteiger partial charge in [-0.1, -0.05) is 6.07 Å². The van der Waals surface area contributed by atoms with Crippen LogP contribution in [0.4, 0.5) is 4.39 Å². The summed E-state index contributed by atoms with van der Waals surface area (Å²) in [4.78, 5) is 3.79. The Morgan fingerprint density at radius 1 is 1.50 bits per heavy atom. The molecule has 1 aromatic heterocycles. The molecule has 0 aromatic carbocycles. The molecule has 2 nitrogen and oxygen atoms in total. The molecule has 1 heterocycles. The van der Waals surface area contributed by atoms with Crippen molar-refractivity contribution in [1.29, 1.82) is 0 Å². The predicted octanol–water partition coefficient (Wildman–Crippen LogP) is 1.42. The van der Waals surface area contributed by atoms with Crippen molar-refractivity contribution in [3.8, 4) is 0 Å². The molecule has 0 amide bonds. The molecule has 0 aliphatic carbocycles. The van der Waals surface area contributed by atoms with Crippen molar-refractivity contribution < 1.29 is 4.39 Å². The Hall–Kier alpha value is -0.960. The fraction of sp³-hybridized carbons (Fsp3) is 0.444. The molecule has 12 heavy (non-hydrogen) atoms. The lowest BCUT2D eigenvalue weighted by Crippen LogP contribution is -2.03. The van der Waals surface area contributed by atoms with Crippen LogP contribution in [0.25, 0.3) is 0 Å². The van der Waals surface area contributed by atoms with Gasteiger partial charge in [0.15, 0.2) is 0 Å². The predicted molar refractivity (Wildman–Crippen MR) is 46.3 cm³/mol. The van der Waals surface area contributed by atoms with Crippen molar-refractivity contribution >= 4 is 0 Å². The summed E-state index contributed by atoms with van der Waals surface area (Å²) in [5, 5.41) is 0. The second kappa shape index (κ2) is 4.16. The monoisotopic (exact) mass is 168 g/mol. The lowest BCUT2D eigenvalue weighted by Gasteiger charge is -2.02. The van der Waals surface area contributed by atoms with Gasteiger partial charge < -0.3 is 5.73 Å². The molecule has 0 saturated carbocycles. The minimum absolute atomic E-state index is 0.410. The van der Waals surface area contributed by atoms with Crippen LogP contribution in [0.5, 0.6) is 0 Å². The van der Waals surface area contributed by atoms with Gasteiger partial charge in [-0.15, -0.1) is 0 Å². The minimum Gasteiger partial charge on any atom is -0.330 e. The first kappa shape index (κ1) is 9.13. The number of rotatable bonds is 3. The zero-order chi connectivity index (χ0) is 8.97. The molecule has 0 aliphatic rings. The van der Waals surface area contributed by atoms with Crippen molar-refractivity contribution in [1.82, 2.24) is 4.98 Å². The van der Waals surface area contributed by atoms with Crippen molar-refractivity contribution in [3.05, 3.63) is 29.3 Å². The van der Waals surface area contributed by atoms with Gasteiger partial charge in [0.25, 0.3) is 0 Å². The van der Waals surface area contributed by atoms with Gasteiger partial charge in [0.1, 0.15) is 0 Å². The highest BCUT2D eigenvalue weighted by Gasteiger charge is 2.00. The number of nitrogens with zero attached hydrogens (tertiary/aromatic N) is 1. The van der Waals surface area contributed by atoms with Crippen molar-refractivity contribution in [2.75, 3.05) is 6.54 Å². The topological polar surface area (TPSA) is 38.9 Å². The van der Waals surface area contributed by atoms with Crippen LogP contribution in [0.3, 0.4) is 0 Å². The van der Waals surface area contributed by atoms with Crippen molar-refractivity contribution in [2.45, 2.75) is 19.8 Å². The number of nitrogens with two attached hydrogens (primary N) is 1. The standard InChI is InChI=1S/C9H13FN2/c1-7-4-5-9(10)12-8(7)3-2-6-11/h4-5H,2-3,6,11H2,1H3. The van der Waals surface area contributed by atoms with Gasteiger partial charge in [-0.2, -0.15) is 4.39 Å². The number of halogens is 1. The minimum atomic E-state index is -0.410. The molecule has 1 rings (SSSR count). The summed E-state index contributed by atoms with van der Waals surface area (Å²) >= 11 is 0. The smallest absolute Gasteiger partial charge is 0.213 e. The van der Waals surface area contributed by atoms with Gasteiger partial charge in [0, 0.05) is 5.69 Å². The second-order valence-electron chi connectivity index (χ2n) is 2.79. The number of hydrogen-bond acceptors (Lipinski definition) is 2. The van der Waals surface area contributed by atoms with Gasteiger partial charge in [0.05, 0.1) is 0 Å². The average molecular weight is 168 g/mol. The Labute approximate surface area is 71.6 Å². The van der Waals surface area contributed by atoms with Crippen LogP contribution in [0, 0.1) is 12.9 Å². The third kappa shape index (κ3) is 2.27. The summed E-state index contributed by atoms with van der Waals surface area (Å²) in [5.74, 6) is -0.410. The fourth-order valence-corrected chi connectivity index (χ4v) is 1.07. The number of aryl methyl sites for hydroxylation is 2. The normalized spacial score (nSPS) is 10.2. The Morgan fingerprint density at radius 2 is 2.25 bits per heavy atom. The fourth-order valence-electron chi connectivity index (χ4n) is 1.07. The summed E-state index contributed by atoms with van der Waals surface area (Å²) in [6.45, 7) is 2.55. The van der Waals surface area contributed by atoms with Crippen molar-refractivity contribution in [2.24, 2.45) is 5.73 Å². The maximum absolute atomic E-state index is 12.6. The number of pyridine rings is 1. The van der Waals surface area contributed by atoms with Gasteiger partial charge in [-0.05, 0) is 37.9 Å². The van der Waals surface area contributed by atoms with E-state index in [-0.39, 0.29) is 0 Å². The highest BCUT2D eigenvalue weighted by molar-refractivity contribution is 5.18.